The van der Waals surface area contributed by atoms with Crippen molar-refractivity contribution in [3.05, 3.63) is 22.9 Å². The van der Waals surface area contributed by atoms with Crippen LogP contribution in [0.25, 0.3) is 0 Å². The van der Waals surface area contributed by atoms with Crippen LogP contribution in [0.15, 0.2) is 17.2 Å². The molecule has 1 saturated carbocycles. The summed E-state index contributed by atoms with van der Waals surface area (Å²) in [4.78, 5) is 11.9. The predicted octanol–water partition coefficient (Wildman–Crippen LogP) is 3.25. The Balaban J connectivity index is 2.05. The number of aryl methyl sites for hydroxylation is 1. The van der Waals surface area contributed by atoms with Crippen LogP contribution in [0.4, 0.5) is 0 Å². The van der Waals surface area contributed by atoms with E-state index in [1.54, 1.807) is 4.57 Å². The molecule has 0 spiro atoms. The Hall–Kier alpha value is -0.990. The smallest absolute Gasteiger partial charge is 0.302 e. The molecule has 0 atom stereocenters. The Morgan fingerprint density at radius 1 is 0.941 bits per heavy atom. The second kappa shape index (κ2) is 6.08. The first kappa shape index (κ1) is 12.5. The number of aromatic nitrogens is 2. The monoisotopic (exact) mass is 236 g/mol. The topological polar surface area (TPSA) is 26.9 Å². The maximum absolute atomic E-state index is 11.9. The summed E-state index contributed by atoms with van der Waals surface area (Å²) in [5, 5.41) is 0. The fourth-order valence-electron chi connectivity index (χ4n) is 2.83. The third-order valence-electron chi connectivity index (χ3n) is 3.94. The highest BCUT2D eigenvalue weighted by Gasteiger charge is 2.14. The number of hydrogen-bond acceptors (Lipinski definition) is 1. The third-order valence-corrected chi connectivity index (χ3v) is 3.94. The summed E-state index contributed by atoms with van der Waals surface area (Å²) in [6.45, 7) is 0. The van der Waals surface area contributed by atoms with Crippen LogP contribution in [0.3, 0.4) is 0 Å². The molecular formula is C14H24N2O. The summed E-state index contributed by atoms with van der Waals surface area (Å²) in [7, 11) is 1.83. The van der Waals surface area contributed by atoms with E-state index in [1.165, 1.54) is 57.8 Å². The summed E-state index contributed by atoms with van der Waals surface area (Å²) < 4.78 is 3.63. The number of rotatable bonds is 1. The molecule has 3 heteroatoms. The van der Waals surface area contributed by atoms with Gasteiger partial charge in [0.05, 0.1) is 0 Å². The van der Waals surface area contributed by atoms with Gasteiger partial charge in [-0.05, 0) is 12.8 Å². The lowest BCUT2D eigenvalue weighted by Crippen LogP contribution is -2.26. The van der Waals surface area contributed by atoms with Gasteiger partial charge in [0.15, 0.2) is 0 Å². The lowest BCUT2D eigenvalue weighted by Gasteiger charge is -2.19. The van der Waals surface area contributed by atoms with E-state index in [0.29, 0.717) is 6.04 Å². The lowest BCUT2D eigenvalue weighted by atomic mass is 9.97. The van der Waals surface area contributed by atoms with Gasteiger partial charge in [-0.25, -0.2) is 4.79 Å². The van der Waals surface area contributed by atoms with Crippen molar-refractivity contribution in [1.82, 2.24) is 9.13 Å². The first-order chi connectivity index (χ1) is 8.29. The Kier molecular flexibility index (Phi) is 4.46. The van der Waals surface area contributed by atoms with E-state index in [2.05, 4.69) is 0 Å². The maximum Gasteiger partial charge on any atom is 0.328 e. The molecule has 3 nitrogen and oxygen atoms in total. The quantitative estimate of drug-likeness (QED) is 0.735. The first-order valence-electron chi connectivity index (χ1n) is 7.02. The molecule has 2 rings (SSSR count). The largest absolute Gasteiger partial charge is 0.328 e. The van der Waals surface area contributed by atoms with Gasteiger partial charge in [0.1, 0.15) is 0 Å². The SMILES string of the molecule is Cn1ccn(C2CCCCCCCCC2)c1=O. The van der Waals surface area contributed by atoms with Crippen molar-refractivity contribution in [3.8, 4) is 0 Å². The minimum atomic E-state index is 0.145. The zero-order valence-corrected chi connectivity index (χ0v) is 10.9. The zero-order valence-electron chi connectivity index (χ0n) is 10.9. The van der Waals surface area contributed by atoms with Gasteiger partial charge < -0.3 is 4.57 Å². The summed E-state index contributed by atoms with van der Waals surface area (Å²) >= 11 is 0. The van der Waals surface area contributed by atoms with Gasteiger partial charge >= 0.3 is 5.69 Å². The average molecular weight is 236 g/mol. The van der Waals surface area contributed by atoms with E-state index in [1.807, 2.05) is 24.0 Å². The van der Waals surface area contributed by atoms with E-state index in [0.717, 1.165) is 0 Å². The van der Waals surface area contributed by atoms with Crippen molar-refractivity contribution in [2.45, 2.75) is 63.8 Å². The highest BCUT2D eigenvalue weighted by molar-refractivity contribution is 4.84. The number of hydrogen-bond donors (Lipinski definition) is 0. The minimum Gasteiger partial charge on any atom is -0.302 e. The second-order valence-electron chi connectivity index (χ2n) is 5.30. The molecule has 0 amide bonds. The molecule has 1 fully saturated rings. The lowest BCUT2D eigenvalue weighted by molar-refractivity contribution is 0.373. The van der Waals surface area contributed by atoms with E-state index in [9.17, 15) is 4.79 Å². The highest BCUT2D eigenvalue weighted by atomic mass is 16.1. The molecule has 1 heterocycles. The molecule has 0 aromatic carbocycles. The second-order valence-corrected chi connectivity index (χ2v) is 5.30. The minimum absolute atomic E-state index is 0.145. The molecule has 1 aromatic heterocycles. The maximum atomic E-state index is 11.9. The van der Waals surface area contributed by atoms with Crippen LogP contribution < -0.4 is 5.69 Å². The molecule has 0 radical (unpaired) electrons. The highest BCUT2D eigenvalue weighted by Crippen LogP contribution is 2.24. The normalized spacial score (nSPS) is 20.3. The van der Waals surface area contributed by atoms with Gasteiger partial charge in [0, 0.05) is 25.5 Å². The molecular weight excluding hydrogens is 212 g/mol. The van der Waals surface area contributed by atoms with Gasteiger partial charge in [-0.2, -0.15) is 0 Å². The molecule has 1 aliphatic carbocycles. The van der Waals surface area contributed by atoms with Gasteiger partial charge in [-0.15, -0.1) is 0 Å². The Labute approximate surface area is 103 Å². The molecule has 0 bridgehead atoms. The molecule has 96 valence electrons. The van der Waals surface area contributed by atoms with Crippen LogP contribution in [0.2, 0.25) is 0 Å². The van der Waals surface area contributed by atoms with Crippen LogP contribution in [0, 0.1) is 0 Å². The molecule has 0 saturated heterocycles. The Bertz CT molecular complexity index is 381. The average Bonchev–Trinajstić information content (AvgIpc) is 2.67. The van der Waals surface area contributed by atoms with Crippen LogP contribution >= 0.6 is 0 Å². The molecule has 0 unspecified atom stereocenters. The van der Waals surface area contributed by atoms with Gasteiger partial charge in [0.25, 0.3) is 0 Å². The van der Waals surface area contributed by atoms with Crippen molar-refractivity contribution in [2.75, 3.05) is 0 Å². The molecule has 0 aliphatic heterocycles. The van der Waals surface area contributed by atoms with E-state index >= 15 is 0 Å². The van der Waals surface area contributed by atoms with Crippen LogP contribution in [-0.4, -0.2) is 9.13 Å². The van der Waals surface area contributed by atoms with E-state index in [-0.39, 0.29) is 5.69 Å². The molecule has 17 heavy (non-hydrogen) atoms. The van der Waals surface area contributed by atoms with Crippen LogP contribution in [0.5, 0.6) is 0 Å². The first-order valence-corrected chi connectivity index (χ1v) is 7.02. The zero-order chi connectivity index (χ0) is 12.1. The molecule has 1 aliphatic rings. The Morgan fingerprint density at radius 3 is 1.94 bits per heavy atom. The number of imidazole rings is 1. The van der Waals surface area contributed by atoms with Crippen LogP contribution in [0.1, 0.15) is 63.8 Å². The number of nitrogens with zero attached hydrogens (tertiary/aromatic N) is 2. The summed E-state index contributed by atoms with van der Waals surface area (Å²) in [6.07, 6.45) is 15.5. The van der Waals surface area contributed by atoms with Crippen molar-refractivity contribution < 1.29 is 0 Å². The fourth-order valence-corrected chi connectivity index (χ4v) is 2.83. The molecule has 1 aromatic rings. The molecule has 0 N–H and O–H groups in total. The Morgan fingerprint density at radius 2 is 1.47 bits per heavy atom. The van der Waals surface area contributed by atoms with Crippen molar-refractivity contribution in [3.63, 3.8) is 0 Å². The van der Waals surface area contributed by atoms with E-state index < -0.39 is 0 Å². The van der Waals surface area contributed by atoms with Gasteiger partial charge in [0.2, 0.25) is 0 Å². The van der Waals surface area contributed by atoms with E-state index in [4.69, 9.17) is 0 Å². The summed E-state index contributed by atoms with van der Waals surface area (Å²) in [5.41, 5.74) is 0.145. The fraction of sp³-hybridized carbons (Fsp3) is 0.786. The standard InChI is InChI=1S/C14H24N2O/c1-15-11-12-16(14(15)17)13-9-7-5-3-2-4-6-8-10-13/h11-13H,2-10H2,1H3. The summed E-state index contributed by atoms with van der Waals surface area (Å²) in [6, 6.07) is 0.432. The van der Waals surface area contributed by atoms with Gasteiger partial charge in [-0.3, -0.25) is 4.57 Å². The predicted molar refractivity (Wildman–Crippen MR) is 70.3 cm³/mol. The van der Waals surface area contributed by atoms with Crippen LogP contribution in [-0.2, 0) is 7.05 Å². The van der Waals surface area contributed by atoms with Crippen molar-refractivity contribution in [2.24, 2.45) is 7.05 Å². The van der Waals surface area contributed by atoms with Crippen molar-refractivity contribution >= 4 is 0 Å². The van der Waals surface area contributed by atoms with Crippen molar-refractivity contribution in [1.29, 1.82) is 0 Å². The van der Waals surface area contributed by atoms with Gasteiger partial charge in [-0.1, -0.05) is 44.9 Å². The third kappa shape index (κ3) is 3.24. The summed E-state index contributed by atoms with van der Waals surface area (Å²) in [5.74, 6) is 0.